The van der Waals surface area contributed by atoms with Crippen molar-refractivity contribution in [2.24, 2.45) is 0 Å². The third kappa shape index (κ3) is 5.65. The summed E-state index contributed by atoms with van der Waals surface area (Å²) in [4.78, 5) is 11.4. The molecule has 4 N–H and O–H groups in total. The van der Waals surface area contributed by atoms with Gasteiger partial charge in [0, 0.05) is 6.54 Å². The molecule has 1 heterocycles. The van der Waals surface area contributed by atoms with Crippen LogP contribution in [-0.4, -0.2) is 24.6 Å². The second-order valence-corrected chi connectivity index (χ2v) is 8.95. The van der Waals surface area contributed by atoms with E-state index in [1.165, 1.54) is 12.3 Å². The van der Waals surface area contributed by atoms with E-state index in [2.05, 4.69) is 10.0 Å². The van der Waals surface area contributed by atoms with Gasteiger partial charge in [-0.1, -0.05) is 35.9 Å². The highest BCUT2D eigenvalue weighted by Gasteiger charge is 2.23. The summed E-state index contributed by atoms with van der Waals surface area (Å²) in [5, 5.41) is 21.9. The Balaban J connectivity index is 1.81. The van der Waals surface area contributed by atoms with Gasteiger partial charge in [-0.05, 0) is 42.3 Å². The van der Waals surface area contributed by atoms with Crippen LogP contribution in [0.4, 0.5) is 5.69 Å². The second-order valence-electron chi connectivity index (χ2n) is 6.81. The molecule has 2 aromatic carbocycles. The number of carbonyl (C=O) groups is 1. The number of sulfonamides is 1. The number of aliphatic hydroxyl groups is 1. The highest BCUT2D eigenvalue weighted by Crippen LogP contribution is 2.29. The van der Waals surface area contributed by atoms with Crippen molar-refractivity contribution in [3.63, 3.8) is 0 Å². The molecule has 1 unspecified atom stereocenters. The van der Waals surface area contributed by atoms with Gasteiger partial charge in [-0.3, -0.25) is 0 Å². The molecule has 10 heteroatoms. The maximum atomic E-state index is 12.8. The summed E-state index contributed by atoms with van der Waals surface area (Å²) >= 11 is 6.19. The Morgan fingerprint density at radius 1 is 1.16 bits per heavy atom. The summed E-state index contributed by atoms with van der Waals surface area (Å²) in [6.45, 7) is 1.81. The molecule has 0 aliphatic carbocycles. The van der Waals surface area contributed by atoms with Crippen molar-refractivity contribution in [2.45, 2.75) is 31.0 Å². The average Bonchev–Trinajstić information content (AvgIpc) is 3.24. The Morgan fingerprint density at radius 3 is 2.45 bits per heavy atom. The average molecular weight is 465 g/mol. The van der Waals surface area contributed by atoms with Gasteiger partial charge in [-0.25, -0.2) is 17.9 Å². The van der Waals surface area contributed by atoms with Gasteiger partial charge in [0.05, 0.1) is 35.2 Å². The lowest BCUT2D eigenvalue weighted by Crippen LogP contribution is -2.24. The van der Waals surface area contributed by atoms with E-state index in [4.69, 9.17) is 16.0 Å². The first-order chi connectivity index (χ1) is 14.7. The van der Waals surface area contributed by atoms with Crippen LogP contribution in [0.2, 0.25) is 5.02 Å². The normalized spacial score (nSPS) is 12.5. The molecule has 0 spiro atoms. The Bertz CT molecular complexity index is 1160. The van der Waals surface area contributed by atoms with Crippen LogP contribution in [0.3, 0.4) is 0 Å². The van der Waals surface area contributed by atoms with E-state index in [1.807, 2.05) is 0 Å². The van der Waals surface area contributed by atoms with Gasteiger partial charge < -0.3 is 19.9 Å². The highest BCUT2D eigenvalue weighted by molar-refractivity contribution is 7.89. The van der Waals surface area contributed by atoms with Crippen LogP contribution in [0.5, 0.6) is 0 Å². The number of rotatable bonds is 9. The third-order valence-electron chi connectivity index (χ3n) is 4.55. The number of halogens is 1. The quantitative estimate of drug-likeness (QED) is 0.379. The number of benzene rings is 2. The number of carboxylic acids is 1. The van der Waals surface area contributed by atoms with Crippen molar-refractivity contribution in [2.75, 3.05) is 5.32 Å². The summed E-state index contributed by atoms with van der Waals surface area (Å²) in [6.07, 6.45) is 0.861. The molecule has 31 heavy (non-hydrogen) atoms. The zero-order chi connectivity index (χ0) is 22.6. The molecule has 1 atom stereocenters. The van der Waals surface area contributed by atoms with E-state index in [0.717, 1.165) is 6.07 Å². The first-order valence-corrected chi connectivity index (χ1v) is 11.1. The Kier molecular flexibility index (Phi) is 7.01. The number of furan rings is 1. The van der Waals surface area contributed by atoms with Gasteiger partial charge in [0.15, 0.2) is 0 Å². The van der Waals surface area contributed by atoms with Crippen LogP contribution < -0.4 is 10.0 Å². The number of hydrogen-bond acceptors (Lipinski definition) is 6. The number of anilines is 1. The maximum absolute atomic E-state index is 12.8. The first-order valence-electron chi connectivity index (χ1n) is 9.27. The minimum Gasteiger partial charge on any atom is -0.478 e. The molecule has 8 nitrogen and oxygen atoms in total. The lowest BCUT2D eigenvalue weighted by Gasteiger charge is -2.14. The smallest absolute Gasteiger partial charge is 0.337 e. The zero-order valence-corrected chi connectivity index (χ0v) is 18.1. The van der Waals surface area contributed by atoms with Crippen molar-refractivity contribution < 1.29 is 27.8 Å². The van der Waals surface area contributed by atoms with Crippen molar-refractivity contribution in [3.05, 3.63) is 82.3 Å². The molecule has 1 aromatic heterocycles. The van der Waals surface area contributed by atoms with Crippen molar-refractivity contribution in [3.8, 4) is 0 Å². The van der Waals surface area contributed by atoms with Crippen LogP contribution >= 0.6 is 11.6 Å². The van der Waals surface area contributed by atoms with Gasteiger partial charge in [0.1, 0.15) is 10.7 Å². The molecule has 0 aliphatic rings. The minimum atomic E-state index is -4.09. The number of carboxylic acid groups (broad SMARTS) is 1. The number of aromatic carboxylic acids is 1. The summed E-state index contributed by atoms with van der Waals surface area (Å²) in [5.74, 6) is -0.726. The molecular formula is C21H21ClN2O6S. The molecule has 164 valence electrons. The molecule has 3 aromatic rings. The zero-order valence-electron chi connectivity index (χ0n) is 16.5. The SMILES string of the molecule is CC(O)c1ccc(CNS(=O)(=O)c2cc(C(=O)O)c(NCc3ccco3)cc2Cl)cc1. The van der Waals surface area contributed by atoms with Crippen molar-refractivity contribution in [1.29, 1.82) is 0 Å². The predicted octanol–water partition coefficient (Wildman–Crippen LogP) is 3.78. The van der Waals surface area contributed by atoms with Crippen LogP contribution in [0.1, 0.15) is 40.3 Å². The fourth-order valence-electron chi connectivity index (χ4n) is 2.85. The third-order valence-corrected chi connectivity index (χ3v) is 6.42. The molecule has 0 aliphatic heterocycles. The van der Waals surface area contributed by atoms with Gasteiger partial charge in [0.25, 0.3) is 0 Å². The second kappa shape index (κ2) is 9.52. The van der Waals surface area contributed by atoms with Crippen molar-refractivity contribution in [1.82, 2.24) is 4.72 Å². The Morgan fingerprint density at radius 2 is 1.87 bits per heavy atom. The lowest BCUT2D eigenvalue weighted by atomic mass is 10.1. The maximum Gasteiger partial charge on any atom is 0.337 e. The van der Waals surface area contributed by atoms with Crippen LogP contribution in [0.25, 0.3) is 0 Å². The summed E-state index contributed by atoms with van der Waals surface area (Å²) in [5.41, 5.74) is 1.30. The predicted molar refractivity (Wildman–Crippen MR) is 116 cm³/mol. The largest absolute Gasteiger partial charge is 0.478 e. The Labute approximate surface area is 184 Å². The molecule has 0 bridgehead atoms. The fraction of sp³-hybridized carbons (Fsp3) is 0.190. The minimum absolute atomic E-state index is 0.0281. The number of nitrogens with one attached hydrogen (secondary N) is 2. The molecular weight excluding hydrogens is 444 g/mol. The van der Waals surface area contributed by atoms with Crippen LogP contribution in [0, 0.1) is 0 Å². The molecule has 0 radical (unpaired) electrons. The number of hydrogen-bond donors (Lipinski definition) is 4. The standard InChI is InChI=1S/C21H21ClN2O6S/c1-13(25)15-6-4-14(5-7-15)11-24-31(28,29)20-9-17(21(26)27)19(10-18(20)22)23-12-16-3-2-8-30-16/h2-10,13,23-25H,11-12H2,1H3,(H,26,27). The van der Waals surface area contributed by atoms with Crippen LogP contribution in [-0.2, 0) is 23.1 Å². The van der Waals surface area contributed by atoms with Crippen LogP contribution in [0.15, 0.2) is 64.1 Å². The van der Waals surface area contributed by atoms with Crippen molar-refractivity contribution >= 4 is 33.3 Å². The molecule has 0 fully saturated rings. The van der Waals surface area contributed by atoms with E-state index >= 15 is 0 Å². The number of aliphatic hydroxyl groups excluding tert-OH is 1. The van der Waals surface area contributed by atoms with E-state index in [1.54, 1.807) is 43.3 Å². The lowest BCUT2D eigenvalue weighted by molar-refractivity contribution is 0.0697. The van der Waals surface area contributed by atoms with E-state index in [9.17, 15) is 23.4 Å². The summed E-state index contributed by atoms with van der Waals surface area (Å²) < 4.78 is 33.2. The summed E-state index contributed by atoms with van der Waals surface area (Å²) in [7, 11) is -4.09. The monoisotopic (exact) mass is 464 g/mol. The molecule has 0 amide bonds. The van der Waals surface area contributed by atoms with Gasteiger partial charge >= 0.3 is 5.97 Å². The molecule has 3 rings (SSSR count). The van der Waals surface area contributed by atoms with Gasteiger partial charge in [0.2, 0.25) is 10.0 Å². The highest BCUT2D eigenvalue weighted by atomic mass is 35.5. The molecule has 0 saturated carbocycles. The van der Waals surface area contributed by atoms with Gasteiger partial charge in [-0.15, -0.1) is 0 Å². The topological polar surface area (TPSA) is 129 Å². The summed E-state index contributed by atoms with van der Waals surface area (Å²) in [6, 6.07) is 12.5. The first kappa shape index (κ1) is 22.8. The Hall–Kier alpha value is -2.85. The van der Waals surface area contributed by atoms with E-state index in [0.29, 0.717) is 16.9 Å². The van der Waals surface area contributed by atoms with Gasteiger partial charge in [-0.2, -0.15) is 0 Å². The van der Waals surface area contributed by atoms with E-state index < -0.39 is 22.1 Å². The molecule has 0 saturated heterocycles. The fourth-order valence-corrected chi connectivity index (χ4v) is 4.42. The van der Waals surface area contributed by atoms with E-state index in [-0.39, 0.29) is 34.3 Å².